The first-order valence-electron chi connectivity index (χ1n) is 8.01. The van der Waals surface area contributed by atoms with Crippen LogP contribution >= 0.6 is 0 Å². The molecule has 0 aliphatic carbocycles. The van der Waals surface area contributed by atoms with E-state index in [1.54, 1.807) is 12.3 Å². The maximum Gasteiger partial charge on any atom is 0.363 e. The van der Waals surface area contributed by atoms with Gasteiger partial charge in [-0.1, -0.05) is 0 Å². The van der Waals surface area contributed by atoms with Crippen LogP contribution < -0.4 is 10.2 Å². The van der Waals surface area contributed by atoms with Crippen LogP contribution in [0.25, 0.3) is 0 Å². The lowest BCUT2D eigenvalue weighted by Crippen LogP contribution is -2.48. The monoisotopic (exact) mass is 305 g/mol. The standard InChI is InChI=1S/C15H23N5O2/c21-20(22)15-2-1-14(11-17-15)19-9-7-18(8-10-19)12-13-3-5-16-6-4-13/h1-2,11,13,16H,3-10,12H2. The van der Waals surface area contributed by atoms with Crippen LogP contribution in [0, 0.1) is 16.0 Å². The van der Waals surface area contributed by atoms with Gasteiger partial charge in [0.15, 0.2) is 6.20 Å². The average molecular weight is 305 g/mol. The molecular formula is C15H23N5O2. The Kier molecular flexibility index (Phi) is 4.84. The first kappa shape index (κ1) is 15.2. The zero-order chi connectivity index (χ0) is 15.4. The number of piperidine rings is 1. The molecule has 0 saturated carbocycles. The zero-order valence-corrected chi connectivity index (χ0v) is 12.8. The summed E-state index contributed by atoms with van der Waals surface area (Å²) < 4.78 is 0. The molecule has 22 heavy (non-hydrogen) atoms. The second-order valence-electron chi connectivity index (χ2n) is 6.11. The largest absolute Gasteiger partial charge is 0.366 e. The van der Waals surface area contributed by atoms with E-state index in [4.69, 9.17) is 0 Å². The first-order chi connectivity index (χ1) is 10.7. The number of aromatic nitrogens is 1. The Bertz CT molecular complexity index is 493. The topological polar surface area (TPSA) is 74.5 Å². The fraction of sp³-hybridized carbons (Fsp3) is 0.667. The smallest absolute Gasteiger partial charge is 0.363 e. The van der Waals surface area contributed by atoms with Crippen molar-refractivity contribution in [2.24, 2.45) is 5.92 Å². The average Bonchev–Trinajstić information content (AvgIpc) is 2.57. The maximum atomic E-state index is 10.6. The van der Waals surface area contributed by atoms with Gasteiger partial charge in [-0.25, -0.2) is 0 Å². The number of hydrogen-bond acceptors (Lipinski definition) is 6. The van der Waals surface area contributed by atoms with E-state index in [1.165, 1.54) is 25.5 Å². The third-order valence-electron chi connectivity index (χ3n) is 4.63. The van der Waals surface area contributed by atoms with Crippen molar-refractivity contribution in [1.29, 1.82) is 0 Å². The molecule has 0 amide bonds. The van der Waals surface area contributed by atoms with E-state index in [2.05, 4.69) is 20.1 Å². The molecule has 0 radical (unpaired) electrons. The highest BCUT2D eigenvalue weighted by atomic mass is 16.6. The van der Waals surface area contributed by atoms with Crippen LogP contribution in [0.2, 0.25) is 0 Å². The van der Waals surface area contributed by atoms with Crippen LogP contribution in [0.3, 0.4) is 0 Å². The van der Waals surface area contributed by atoms with E-state index in [9.17, 15) is 10.1 Å². The summed E-state index contributed by atoms with van der Waals surface area (Å²) in [7, 11) is 0. The molecule has 120 valence electrons. The van der Waals surface area contributed by atoms with Crippen molar-refractivity contribution < 1.29 is 4.92 Å². The van der Waals surface area contributed by atoms with Gasteiger partial charge in [0.25, 0.3) is 0 Å². The summed E-state index contributed by atoms with van der Waals surface area (Å²) in [6, 6.07) is 3.28. The summed E-state index contributed by atoms with van der Waals surface area (Å²) in [5.41, 5.74) is 0.979. The van der Waals surface area contributed by atoms with Gasteiger partial charge >= 0.3 is 5.82 Å². The molecule has 1 aromatic heterocycles. The number of nitrogens with one attached hydrogen (secondary N) is 1. The molecule has 3 rings (SSSR count). The van der Waals surface area contributed by atoms with Crippen LogP contribution in [-0.4, -0.2) is 60.6 Å². The van der Waals surface area contributed by atoms with Crippen molar-refractivity contribution in [1.82, 2.24) is 15.2 Å². The lowest BCUT2D eigenvalue weighted by molar-refractivity contribution is -0.389. The van der Waals surface area contributed by atoms with Crippen molar-refractivity contribution >= 4 is 11.5 Å². The Morgan fingerprint density at radius 1 is 1.23 bits per heavy atom. The Morgan fingerprint density at radius 3 is 2.55 bits per heavy atom. The molecule has 3 heterocycles. The number of pyridine rings is 1. The number of rotatable bonds is 4. The number of nitro groups is 1. The van der Waals surface area contributed by atoms with Crippen molar-refractivity contribution in [3.05, 3.63) is 28.4 Å². The first-order valence-corrected chi connectivity index (χ1v) is 8.01. The van der Waals surface area contributed by atoms with Gasteiger partial charge in [0.05, 0.1) is 5.69 Å². The quantitative estimate of drug-likeness (QED) is 0.663. The van der Waals surface area contributed by atoms with Gasteiger partial charge in [-0.3, -0.25) is 4.90 Å². The van der Waals surface area contributed by atoms with Crippen molar-refractivity contribution in [2.45, 2.75) is 12.8 Å². The van der Waals surface area contributed by atoms with Gasteiger partial charge in [0.2, 0.25) is 0 Å². The van der Waals surface area contributed by atoms with Crippen LogP contribution in [0.5, 0.6) is 0 Å². The second-order valence-corrected chi connectivity index (χ2v) is 6.11. The van der Waals surface area contributed by atoms with Crippen LogP contribution in [0.15, 0.2) is 18.3 Å². The molecule has 1 N–H and O–H groups in total. The van der Waals surface area contributed by atoms with Gasteiger partial charge in [-0.2, -0.15) is 0 Å². The normalized spacial score (nSPS) is 21.0. The molecule has 0 aromatic carbocycles. The minimum absolute atomic E-state index is 0.0895. The van der Waals surface area contributed by atoms with Gasteiger partial charge in [0.1, 0.15) is 0 Å². The predicted molar refractivity (Wildman–Crippen MR) is 85.1 cm³/mol. The summed E-state index contributed by atoms with van der Waals surface area (Å²) in [6.07, 6.45) is 4.18. The molecule has 1 aromatic rings. The van der Waals surface area contributed by atoms with Crippen molar-refractivity contribution in [2.75, 3.05) is 50.7 Å². The van der Waals surface area contributed by atoms with Gasteiger partial charge in [0, 0.05) is 38.8 Å². The van der Waals surface area contributed by atoms with E-state index in [0.717, 1.165) is 50.9 Å². The fourth-order valence-electron chi connectivity index (χ4n) is 3.29. The molecular weight excluding hydrogens is 282 g/mol. The van der Waals surface area contributed by atoms with Crippen LogP contribution in [0.4, 0.5) is 11.5 Å². The Labute approximate surface area is 130 Å². The minimum atomic E-state index is -0.458. The third-order valence-corrected chi connectivity index (χ3v) is 4.63. The Morgan fingerprint density at radius 2 is 1.95 bits per heavy atom. The van der Waals surface area contributed by atoms with E-state index in [0.29, 0.717) is 0 Å². The van der Waals surface area contributed by atoms with E-state index in [1.807, 2.05) is 0 Å². The number of hydrogen-bond donors (Lipinski definition) is 1. The highest BCUT2D eigenvalue weighted by molar-refractivity contribution is 5.46. The SMILES string of the molecule is O=[N+]([O-])c1ccc(N2CCN(CC3CCNCC3)CC2)cn1. The molecule has 2 fully saturated rings. The molecule has 0 atom stereocenters. The molecule has 0 bridgehead atoms. The molecule has 0 spiro atoms. The molecule has 2 saturated heterocycles. The zero-order valence-electron chi connectivity index (χ0n) is 12.8. The number of piperazine rings is 1. The van der Waals surface area contributed by atoms with E-state index < -0.39 is 4.92 Å². The van der Waals surface area contributed by atoms with E-state index in [-0.39, 0.29) is 5.82 Å². The highest BCUT2D eigenvalue weighted by Crippen LogP contribution is 2.19. The lowest BCUT2D eigenvalue weighted by atomic mass is 9.97. The molecule has 2 aliphatic rings. The summed E-state index contributed by atoms with van der Waals surface area (Å²) in [4.78, 5) is 18.9. The van der Waals surface area contributed by atoms with E-state index >= 15 is 0 Å². The van der Waals surface area contributed by atoms with Crippen molar-refractivity contribution in [3.63, 3.8) is 0 Å². The lowest BCUT2D eigenvalue weighted by Gasteiger charge is -2.37. The van der Waals surface area contributed by atoms with Gasteiger partial charge in [-0.15, -0.1) is 0 Å². The fourth-order valence-corrected chi connectivity index (χ4v) is 3.29. The van der Waals surface area contributed by atoms with Crippen LogP contribution in [-0.2, 0) is 0 Å². The van der Waals surface area contributed by atoms with Gasteiger partial charge in [-0.05, 0) is 47.8 Å². The number of nitrogens with zero attached hydrogens (tertiary/aromatic N) is 4. The van der Waals surface area contributed by atoms with Gasteiger partial charge < -0.3 is 20.3 Å². The third kappa shape index (κ3) is 3.72. The molecule has 2 aliphatic heterocycles. The Balaban J connectivity index is 1.49. The highest BCUT2D eigenvalue weighted by Gasteiger charge is 2.22. The number of anilines is 1. The Hall–Kier alpha value is -1.73. The summed E-state index contributed by atoms with van der Waals surface area (Å²) >= 11 is 0. The predicted octanol–water partition coefficient (Wildman–Crippen LogP) is 1.11. The van der Waals surface area contributed by atoms with Crippen LogP contribution in [0.1, 0.15) is 12.8 Å². The molecule has 7 heteroatoms. The molecule has 0 unspecified atom stereocenters. The minimum Gasteiger partial charge on any atom is -0.366 e. The van der Waals surface area contributed by atoms with Crippen molar-refractivity contribution in [3.8, 4) is 0 Å². The molecule has 7 nitrogen and oxygen atoms in total. The second kappa shape index (κ2) is 7.02. The summed E-state index contributed by atoms with van der Waals surface area (Å²) in [5.74, 6) is 0.738. The summed E-state index contributed by atoms with van der Waals surface area (Å²) in [5, 5.41) is 14.1. The summed E-state index contributed by atoms with van der Waals surface area (Å²) in [6.45, 7) is 7.54. The maximum absolute atomic E-state index is 10.6.